The summed E-state index contributed by atoms with van der Waals surface area (Å²) in [5, 5.41) is 17.5. The third-order valence-electron chi connectivity index (χ3n) is 1.10. The predicted octanol–water partition coefficient (Wildman–Crippen LogP) is 1.96. The molecule has 1 aromatic carbocycles. The van der Waals surface area contributed by atoms with E-state index in [0.29, 0.717) is 10.2 Å². The highest BCUT2D eigenvalue weighted by Crippen LogP contribution is 2.30. The first-order valence-corrected chi connectivity index (χ1v) is 3.42. The van der Waals surface area contributed by atoms with Gasteiger partial charge in [0.25, 0.3) is 0 Å². The summed E-state index contributed by atoms with van der Waals surface area (Å²) in [6, 6.07) is 4.77. The van der Waals surface area contributed by atoms with Crippen LogP contribution in [0.15, 0.2) is 22.7 Å². The molecule has 3 N–H and O–H groups in total. The standard InChI is InChI=1S/C6H6BrNO2/c7-6-4(8-10)2-1-3-5(6)9/h1-3,8-10H. The van der Waals surface area contributed by atoms with Crippen LogP contribution in [0.2, 0.25) is 0 Å². The topological polar surface area (TPSA) is 52.5 Å². The average molecular weight is 204 g/mol. The molecule has 3 nitrogen and oxygen atoms in total. The van der Waals surface area contributed by atoms with Gasteiger partial charge in [0.15, 0.2) is 0 Å². The smallest absolute Gasteiger partial charge is 0.131 e. The molecule has 1 rings (SSSR count). The van der Waals surface area contributed by atoms with Crippen LogP contribution in [-0.4, -0.2) is 10.3 Å². The molecule has 0 aliphatic carbocycles. The van der Waals surface area contributed by atoms with Crippen LogP contribution in [0.3, 0.4) is 0 Å². The first-order valence-electron chi connectivity index (χ1n) is 2.63. The van der Waals surface area contributed by atoms with E-state index in [1.807, 2.05) is 5.48 Å². The number of halogens is 1. The lowest BCUT2D eigenvalue weighted by atomic mass is 10.3. The Morgan fingerprint density at radius 3 is 2.60 bits per heavy atom. The number of hydrogen-bond acceptors (Lipinski definition) is 3. The lowest BCUT2D eigenvalue weighted by Gasteiger charge is -2.01. The van der Waals surface area contributed by atoms with Gasteiger partial charge in [-0.25, -0.2) is 0 Å². The van der Waals surface area contributed by atoms with Crippen molar-refractivity contribution in [1.29, 1.82) is 0 Å². The van der Waals surface area contributed by atoms with Crippen LogP contribution in [0, 0.1) is 0 Å². The quantitative estimate of drug-likeness (QED) is 0.612. The van der Waals surface area contributed by atoms with Crippen LogP contribution in [-0.2, 0) is 0 Å². The Morgan fingerprint density at radius 1 is 1.40 bits per heavy atom. The minimum Gasteiger partial charge on any atom is -0.507 e. The van der Waals surface area contributed by atoms with Crippen LogP contribution >= 0.6 is 15.9 Å². The number of anilines is 1. The largest absolute Gasteiger partial charge is 0.507 e. The maximum absolute atomic E-state index is 9.03. The van der Waals surface area contributed by atoms with E-state index in [4.69, 9.17) is 10.3 Å². The van der Waals surface area contributed by atoms with Gasteiger partial charge in [0.1, 0.15) is 5.75 Å². The summed E-state index contributed by atoms with van der Waals surface area (Å²) >= 11 is 3.07. The highest BCUT2D eigenvalue weighted by atomic mass is 79.9. The number of nitrogens with one attached hydrogen (secondary N) is 1. The normalized spacial score (nSPS) is 9.40. The van der Waals surface area contributed by atoms with E-state index in [2.05, 4.69) is 15.9 Å². The molecule has 0 amide bonds. The molecule has 54 valence electrons. The van der Waals surface area contributed by atoms with Crippen molar-refractivity contribution in [3.8, 4) is 5.75 Å². The number of rotatable bonds is 1. The van der Waals surface area contributed by atoms with E-state index in [0.717, 1.165) is 0 Å². The number of phenolic OH excluding ortho intramolecular Hbond substituents is 1. The molecule has 0 fully saturated rings. The van der Waals surface area contributed by atoms with Crippen molar-refractivity contribution in [2.75, 3.05) is 5.48 Å². The van der Waals surface area contributed by atoms with Crippen LogP contribution in [0.4, 0.5) is 5.69 Å². The van der Waals surface area contributed by atoms with Gasteiger partial charge in [-0.3, -0.25) is 10.7 Å². The first-order chi connectivity index (χ1) is 4.75. The molecule has 0 saturated heterocycles. The fourth-order valence-electron chi connectivity index (χ4n) is 0.606. The van der Waals surface area contributed by atoms with E-state index in [1.165, 1.54) is 6.07 Å². The fourth-order valence-corrected chi connectivity index (χ4v) is 0.959. The van der Waals surface area contributed by atoms with Crippen molar-refractivity contribution in [2.24, 2.45) is 0 Å². The third kappa shape index (κ3) is 1.22. The van der Waals surface area contributed by atoms with Crippen LogP contribution in [0.1, 0.15) is 0 Å². The van der Waals surface area contributed by atoms with Gasteiger partial charge in [-0.2, -0.15) is 0 Å². The zero-order valence-corrected chi connectivity index (χ0v) is 6.59. The van der Waals surface area contributed by atoms with Crippen molar-refractivity contribution in [2.45, 2.75) is 0 Å². The Balaban J connectivity index is 3.14. The van der Waals surface area contributed by atoms with Crippen LogP contribution in [0.25, 0.3) is 0 Å². The van der Waals surface area contributed by atoms with Gasteiger partial charge in [-0.05, 0) is 28.1 Å². The zero-order chi connectivity index (χ0) is 7.56. The Kier molecular flexibility index (Phi) is 2.13. The van der Waals surface area contributed by atoms with Crippen molar-refractivity contribution >= 4 is 21.6 Å². The maximum atomic E-state index is 9.03. The Bertz CT molecular complexity index is 239. The lowest BCUT2D eigenvalue weighted by molar-refractivity contribution is 0.387. The summed E-state index contributed by atoms with van der Waals surface area (Å²) in [7, 11) is 0. The second kappa shape index (κ2) is 2.90. The molecule has 4 heteroatoms. The average Bonchev–Trinajstić information content (AvgIpc) is 1.95. The molecule has 0 bridgehead atoms. The van der Waals surface area contributed by atoms with Crippen molar-refractivity contribution in [3.05, 3.63) is 22.7 Å². The van der Waals surface area contributed by atoms with Crippen LogP contribution < -0.4 is 5.48 Å². The summed E-state index contributed by atoms with van der Waals surface area (Å²) in [5.41, 5.74) is 2.37. The molecule has 10 heavy (non-hydrogen) atoms. The van der Waals surface area contributed by atoms with Gasteiger partial charge in [0.05, 0.1) is 10.2 Å². The SMILES string of the molecule is ONc1cccc(O)c1Br. The first kappa shape index (κ1) is 7.37. The van der Waals surface area contributed by atoms with E-state index < -0.39 is 0 Å². The molecule has 0 radical (unpaired) electrons. The monoisotopic (exact) mass is 203 g/mol. The van der Waals surface area contributed by atoms with Gasteiger partial charge in [-0.1, -0.05) is 6.07 Å². The molecule has 0 aromatic heterocycles. The summed E-state index contributed by atoms with van der Waals surface area (Å²) in [6.07, 6.45) is 0. The molecule has 1 aromatic rings. The summed E-state index contributed by atoms with van der Waals surface area (Å²) in [5.74, 6) is 0.0963. The van der Waals surface area contributed by atoms with Gasteiger partial charge >= 0.3 is 0 Å². The molecule has 0 aliphatic heterocycles. The zero-order valence-electron chi connectivity index (χ0n) is 5.00. The van der Waals surface area contributed by atoms with E-state index in [-0.39, 0.29) is 5.75 Å². The lowest BCUT2D eigenvalue weighted by Crippen LogP contribution is -1.89. The minimum absolute atomic E-state index is 0.0963. The van der Waals surface area contributed by atoms with Gasteiger partial charge in [0.2, 0.25) is 0 Å². The highest BCUT2D eigenvalue weighted by molar-refractivity contribution is 9.10. The van der Waals surface area contributed by atoms with E-state index in [9.17, 15) is 0 Å². The Hall–Kier alpha value is -0.740. The predicted molar refractivity (Wildman–Crippen MR) is 41.2 cm³/mol. The molecule has 0 saturated carbocycles. The Labute approximate surface area is 66.4 Å². The van der Waals surface area contributed by atoms with Crippen molar-refractivity contribution in [3.63, 3.8) is 0 Å². The van der Waals surface area contributed by atoms with E-state index >= 15 is 0 Å². The van der Waals surface area contributed by atoms with Crippen molar-refractivity contribution < 1.29 is 10.3 Å². The molecular weight excluding hydrogens is 198 g/mol. The molecule has 0 unspecified atom stereocenters. The minimum atomic E-state index is 0.0963. The summed E-state index contributed by atoms with van der Waals surface area (Å²) in [6.45, 7) is 0. The molecule has 0 spiro atoms. The summed E-state index contributed by atoms with van der Waals surface area (Å²) < 4.78 is 0.456. The molecular formula is C6H6BrNO2. The second-order valence-corrected chi connectivity index (χ2v) is 2.54. The van der Waals surface area contributed by atoms with Gasteiger partial charge < -0.3 is 5.11 Å². The second-order valence-electron chi connectivity index (χ2n) is 1.75. The number of benzene rings is 1. The fraction of sp³-hybridized carbons (Fsp3) is 0. The van der Waals surface area contributed by atoms with Gasteiger partial charge in [-0.15, -0.1) is 0 Å². The molecule has 0 atom stereocenters. The maximum Gasteiger partial charge on any atom is 0.131 e. The van der Waals surface area contributed by atoms with E-state index in [1.54, 1.807) is 12.1 Å². The number of phenols is 1. The van der Waals surface area contributed by atoms with Gasteiger partial charge in [0, 0.05) is 0 Å². The number of aromatic hydroxyl groups is 1. The molecule has 0 aliphatic rings. The third-order valence-corrected chi connectivity index (χ3v) is 1.93. The van der Waals surface area contributed by atoms with Crippen molar-refractivity contribution in [1.82, 2.24) is 0 Å². The molecule has 0 heterocycles. The summed E-state index contributed by atoms with van der Waals surface area (Å²) in [4.78, 5) is 0. The number of hydrogen-bond donors (Lipinski definition) is 3. The Morgan fingerprint density at radius 2 is 2.10 bits per heavy atom. The highest BCUT2D eigenvalue weighted by Gasteiger charge is 2.00. The van der Waals surface area contributed by atoms with Crippen LogP contribution in [0.5, 0.6) is 5.75 Å².